The summed E-state index contributed by atoms with van der Waals surface area (Å²) >= 11 is 1.59. The van der Waals surface area contributed by atoms with Crippen molar-refractivity contribution in [1.29, 1.82) is 0 Å². The summed E-state index contributed by atoms with van der Waals surface area (Å²) in [4.78, 5) is 1.02. The molecular formula is C16H21NOS. The van der Waals surface area contributed by atoms with Crippen LogP contribution in [0.25, 0.3) is 0 Å². The molecule has 102 valence electrons. The quantitative estimate of drug-likeness (QED) is 0.842. The number of hydrogen-bond donors (Lipinski definition) is 2. The fourth-order valence-corrected chi connectivity index (χ4v) is 2.67. The Morgan fingerprint density at radius 2 is 1.89 bits per heavy atom. The highest BCUT2D eigenvalue weighted by Gasteiger charge is 2.07. The Bertz CT molecular complexity index is 476. The Morgan fingerprint density at radius 1 is 1.16 bits per heavy atom. The van der Waals surface area contributed by atoms with Gasteiger partial charge in [-0.3, -0.25) is 0 Å². The molecule has 0 bridgehead atoms. The Hall–Kier alpha value is -1.16. The summed E-state index contributed by atoms with van der Waals surface area (Å²) in [5.41, 5.74) is 2.62. The largest absolute Gasteiger partial charge is 0.386 e. The first-order valence-corrected chi connectivity index (χ1v) is 7.56. The van der Waals surface area contributed by atoms with Crippen molar-refractivity contribution in [3.8, 4) is 0 Å². The highest BCUT2D eigenvalue weighted by molar-refractivity contribution is 7.10. The molecule has 3 heteroatoms. The summed E-state index contributed by atoms with van der Waals surface area (Å²) in [6.07, 6.45) is -0.407. The lowest BCUT2D eigenvalue weighted by Crippen LogP contribution is -2.20. The van der Waals surface area contributed by atoms with Crippen LogP contribution in [0.3, 0.4) is 0 Å². The fourth-order valence-electron chi connectivity index (χ4n) is 1.96. The lowest BCUT2D eigenvalue weighted by molar-refractivity contribution is 0.178. The van der Waals surface area contributed by atoms with Crippen LogP contribution in [0.15, 0.2) is 41.8 Å². The Balaban J connectivity index is 1.79. The molecule has 0 spiro atoms. The maximum atomic E-state index is 9.95. The van der Waals surface area contributed by atoms with Gasteiger partial charge in [-0.05, 0) is 28.5 Å². The highest BCUT2D eigenvalue weighted by atomic mass is 32.1. The van der Waals surface area contributed by atoms with Gasteiger partial charge in [0.1, 0.15) is 6.10 Å². The van der Waals surface area contributed by atoms with Crippen molar-refractivity contribution < 1.29 is 5.11 Å². The van der Waals surface area contributed by atoms with Crippen LogP contribution < -0.4 is 5.32 Å². The molecule has 0 aliphatic rings. The maximum Gasteiger partial charge on any atom is 0.101 e. The van der Waals surface area contributed by atoms with Gasteiger partial charge in [0.15, 0.2) is 0 Å². The van der Waals surface area contributed by atoms with Crippen molar-refractivity contribution in [2.45, 2.75) is 32.4 Å². The third-order valence-corrected chi connectivity index (χ3v) is 4.16. The molecule has 0 radical (unpaired) electrons. The van der Waals surface area contributed by atoms with Gasteiger partial charge in [-0.1, -0.05) is 44.2 Å². The minimum Gasteiger partial charge on any atom is -0.386 e. The molecule has 1 heterocycles. The first kappa shape index (κ1) is 14.3. The zero-order valence-electron chi connectivity index (χ0n) is 11.5. The van der Waals surface area contributed by atoms with Crippen LogP contribution in [0.4, 0.5) is 0 Å². The molecule has 0 amide bonds. The van der Waals surface area contributed by atoms with Crippen LogP contribution in [-0.2, 0) is 6.54 Å². The fraction of sp³-hybridized carbons (Fsp3) is 0.375. The van der Waals surface area contributed by atoms with E-state index in [-0.39, 0.29) is 0 Å². The first-order chi connectivity index (χ1) is 9.16. The van der Waals surface area contributed by atoms with Crippen molar-refractivity contribution in [3.63, 3.8) is 0 Å². The van der Waals surface area contributed by atoms with E-state index in [0.717, 1.165) is 11.4 Å². The number of benzene rings is 1. The Kier molecular flexibility index (Phi) is 5.14. The van der Waals surface area contributed by atoms with Crippen LogP contribution in [0.2, 0.25) is 0 Å². The normalized spacial score (nSPS) is 12.8. The standard InChI is InChI=1S/C16H21NOS/c1-12(2)14-7-5-13(6-8-14)10-17-11-15(18)16-4-3-9-19-16/h3-9,12,15,17-18H,10-11H2,1-2H3. The SMILES string of the molecule is CC(C)c1ccc(CNCC(O)c2cccs2)cc1. The monoisotopic (exact) mass is 275 g/mol. The second-order valence-electron chi connectivity index (χ2n) is 5.06. The minimum absolute atomic E-state index is 0.407. The molecular weight excluding hydrogens is 254 g/mol. The van der Waals surface area contributed by atoms with Crippen molar-refractivity contribution in [1.82, 2.24) is 5.32 Å². The van der Waals surface area contributed by atoms with E-state index in [1.165, 1.54) is 11.1 Å². The lowest BCUT2D eigenvalue weighted by atomic mass is 10.0. The predicted octanol–water partition coefficient (Wildman–Crippen LogP) is 3.69. The molecule has 0 aliphatic carbocycles. The second kappa shape index (κ2) is 6.85. The number of hydrogen-bond acceptors (Lipinski definition) is 3. The Morgan fingerprint density at radius 3 is 2.47 bits per heavy atom. The molecule has 1 aromatic heterocycles. The van der Waals surface area contributed by atoms with Crippen LogP contribution in [0.1, 0.15) is 41.9 Å². The highest BCUT2D eigenvalue weighted by Crippen LogP contribution is 2.18. The van der Waals surface area contributed by atoms with Crippen LogP contribution in [0, 0.1) is 0 Å². The van der Waals surface area contributed by atoms with Gasteiger partial charge in [0, 0.05) is 18.0 Å². The van der Waals surface area contributed by atoms with Crippen molar-refractivity contribution in [2.75, 3.05) is 6.54 Å². The zero-order chi connectivity index (χ0) is 13.7. The number of aliphatic hydroxyl groups is 1. The van der Waals surface area contributed by atoms with E-state index in [1.54, 1.807) is 11.3 Å². The number of rotatable bonds is 6. The minimum atomic E-state index is -0.407. The van der Waals surface area contributed by atoms with Gasteiger partial charge in [0.05, 0.1) is 0 Å². The van der Waals surface area contributed by atoms with E-state index in [2.05, 4.69) is 43.4 Å². The molecule has 2 N–H and O–H groups in total. The topological polar surface area (TPSA) is 32.3 Å². The summed E-state index contributed by atoms with van der Waals surface area (Å²) < 4.78 is 0. The third kappa shape index (κ3) is 4.16. The summed E-state index contributed by atoms with van der Waals surface area (Å²) in [6.45, 7) is 5.78. The predicted molar refractivity (Wildman–Crippen MR) is 81.5 cm³/mol. The summed E-state index contributed by atoms with van der Waals surface area (Å²) in [7, 11) is 0. The molecule has 1 unspecified atom stereocenters. The maximum absolute atomic E-state index is 9.95. The zero-order valence-corrected chi connectivity index (χ0v) is 12.3. The van der Waals surface area contributed by atoms with E-state index in [1.807, 2.05) is 17.5 Å². The summed E-state index contributed by atoms with van der Waals surface area (Å²) in [5, 5.41) is 15.2. The van der Waals surface area contributed by atoms with Gasteiger partial charge < -0.3 is 10.4 Å². The number of nitrogens with one attached hydrogen (secondary N) is 1. The van der Waals surface area contributed by atoms with Crippen molar-refractivity contribution in [2.24, 2.45) is 0 Å². The van der Waals surface area contributed by atoms with E-state index in [9.17, 15) is 5.11 Å². The average Bonchev–Trinajstić information content (AvgIpc) is 2.93. The lowest BCUT2D eigenvalue weighted by Gasteiger charge is -2.11. The van der Waals surface area contributed by atoms with Gasteiger partial charge in [-0.2, -0.15) is 0 Å². The molecule has 0 aliphatic heterocycles. The van der Waals surface area contributed by atoms with Gasteiger partial charge >= 0.3 is 0 Å². The van der Waals surface area contributed by atoms with Crippen molar-refractivity contribution >= 4 is 11.3 Å². The first-order valence-electron chi connectivity index (χ1n) is 6.68. The molecule has 19 heavy (non-hydrogen) atoms. The molecule has 2 nitrogen and oxygen atoms in total. The molecule has 0 saturated heterocycles. The molecule has 2 aromatic rings. The molecule has 0 saturated carbocycles. The average molecular weight is 275 g/mol. The second-order valence-corrected chi connectivity index (χ2v) is 6.04. The van der Waals surface area contributed by atoms with E-state index in [4.69, 9.17) is 0 Å². The van der Waals surface area contributed by atoms with Crippen LogP contribution >= 0.6 is 11.3 Å². The molecule has 1 aromatic carbocycles. The molecule has 2 rings (SSSR count). The van der Waals surface area contributed by atoms with E-state index in [0.29, 0.717) is 12.5 Å². The van der Waals surface area contributed by atoms with Gasteiger partial charge in [0.25, 0.3) is 0 Å². The van der Waals surface area contributed by atoms with E-state index < -0.39 is 6.10 Å². The van der Waals surface area contributed by atoms with Crippen molar-refractivity contribution in [3.05, 3.63) is 57.8 Å². The van der Waals surface area contributed by atoms with Gasteiger partial charge in [-0.25, -0.2) is 0 Å². The smallest absolute Gasteiger partial charge is 0.101 e. The third-order valence-electron chi connectivity index (χ3n) is 3.18. The van der Waals surface area contributed by atoms with Gasteiger partial charge in [-0.15, -0.1) is 11.3 Å². The Labute approximate surface area is 119 Å². The number of thiophene rings is 1. The molecule has 1 atom stereocenters. The van der Waals surface area contributed by atoms with Crippen LogP contribution in [-0.4, -0.2) is 11.7 Å². The molecule has 0 fully saturated rings. The van der Waals surface area contributed by atoms with E-state index >= 15 is 0 Å². The van der Waals surface area contributed by atoms with Crippen LogP contribution in [0.5, 0.6) is 0 Å². The summed E-state index contributed by atoms with van der Waals surface area (Å²) in [5.74, 6) is 0.572. The summed E-state index contributed by atoms with van der Waals surface area (Å²) in [6, 6.07) is 12.6. The van der Waals surface area contributed by atoms with Gasteiger partial charge in [0.2, 0.25) is 0 Å². The number of aliphatic hydroxyl groups excluding tert-OH is 1.